The molecule has 3 aromatic rings. The number of thiophene rings is 1. The molecule has 0 atom stereocenters. The van der Waals surface area contributed by atoms with E-state index in [0.717, 1.165) is 34.1 Å². The first-order chi connectivity index (χ1) is 12.1. The molecule has 1 amide bonds. The Balaban J connectivity index is 1.52. The summed E-state index contributed by atoms with van der Waals surface area (Å²) in [5.74, 6) is -0.176. The van der Waals surface area contributed by atoms with Gasteiger partial charge in [0.2, 0.25) is 0 Å². The van der Waals surface area contributed by atoms with Crippen molar-refractivity contribution in [1.82, 2.24) is 9.88 Å². The van der Waals surface area contributed by atoms with E-state index in [4.69, 9.17) is 0 Å². The number of nitrogens with zero attached hydrogens (tertiary/aromatic N) is 2. The van der Waals surface area contributed by atoms with Crippen molar-refractivity contribution in [3.05, 3.63) is 73.1 Å². The van der Waals surface area contributed by atoms with Crippen LogP contribution in [0.5, 0.6) is 0 Å². The summed E-state index contributed by atoms with van der Waals surface area (Å²) in [7, 11) is 0. The van der Waals surface area contributed by atoms with Crippen LogP contribution in [0.2, 0.25) is 0 Å². The van der Waals surface area contributed by atoms with Crippen molar-refractivity contribution in [2.24, 2.45) is 0 Å². The highest BCUT2D eigenvalue weighted by atomic mass is 32.1. The third-order valence-electron chi connectivity index (χ3n) is 4.40. The molecule has 128 valence electrons. The van der Waals surface area contributed by atoms with Crippen LogP contribution < -0.4 is 0 Å². The third kappa shape index (κ3) is 3.37. The van der Waals surface area contributed by atoms with Crippen molar-refractivity contribution in [3.8, 4) is 0 Å². The zero-order valence-corrected chi connectivity index (χ0v) is 15.4. The lowest BCUT2D eigenvalue weighted by Gasteiger charge is -2.26. The van der Waals surface area contributed by atoms with E-state index >= 15 is 0 Å². The SMILES string of the molecule is Cc1nc(Cc2ccc(F)cc2)sc1C(=O)N1CCc2sccc2C1. The van der Waals surface area contributed by atoms with E-state index in [2.05, 4.69) is 16.4 Å². The largest absolute Gasteiger partial charge is 0.333 e. The molecule has 0 unspecified atom stereocenters. The van der Waals surface area contributed by atoms with Crippen LogP contribution in [0.25, 0.3) is 0 Å². The van der Waals surface area contributed by atoms with Gasteiger partial charge in [0.25, 0.3) is 5.91 Å². The van der Waals surface area contributed by atoms with Gasteiger partial charge in [-0.2, -0.15) is 0 Å². The van der Waals surface area contributed by atoms with Gasteiger partial charge in [-0.05, 0) is 48.1 Å². The molecule has 3 heterocycles. The van der Waals surface area contributed by atoms with Gasteiger partial charge in [0.15, 0.2) is 0 Å². The second-order valence-electron chi connectivity index (χ2n) is 6.17. The maximum absolute atomic E-state index is 13.0. The summed E-state index contributed by atoms with van der Waals surface area (Å²) in [6.45, 7) is 3.33. The standard InChI is InChI=1S/C19H17FN2OS2/c1-12-18(19(23)22-8-6-16-14(11-22)7-9-24-16)25-17(21-12)10-13-2-4-15(20)5-3-13/h2-5,7,9H,6,8,10-11H2,1H3. The van der Waals surface area contributed by atoms with E-state index in [9.17, 15) is 9.18 Å². The molecule has 4 rings (SSSR count). The van der Waals surface area contributed by atoms with Crippen LogP contribution in [0.15, 0.2) is 35.7 Å². The van der Waals surface area contributed by atoms with Gasteiger partial charge in [-0.3, -0.25) is 4.79 Å². The number of aromatic nitrogens is 1. The second kappa shape index (κ2) is 6.69. The first-order valence-corrected chi connectivity index (χ1v) is 9.85. The van der Waals surface area contributed by atoms with Crippen molar-refractivity contribution < 1.29 is 9.18 Å². The van der Waals surface area contributed by atoms with Crippen LogP contribution in [0.1, 0.15) is 36.4 Å². The molecule has 0 saturated heterocycles. The second-order valence-corrected chi connectivity index (χ2v) is 8.26. The molecule has 2 aromatic heterocycles. The van der Waals surface area contributed by atoms with Gasteiger partial charge in [-0.15, -0.1) is 22.7 Å². The van der Waals surface area contributed by atoms with Crippen LogP contribution in [0.3, 0.4) is 0 Å². The molecule has 1 aliphatic rings. The van der Waals surface area contributed by atoms with E-state index in [1.165, 1.54) is 33.9 Å². The smallest absolute Gasteiger partial charge is 0.266 e. The molecular formula is C19H17FN2OS2. The molecule has 0 N–H and O–H groups in total. The molecular weight excluding hydrogens is 355 g/mol. The van der Waals surface area contributed by atoms with Gasteiger partial charge in [0, 0.05) is 24.4 Å². The lowest BCUT2D eigenvalue weighted by molar-refractivity contribution is 0.0740. The average Bonchev–Trinajstić information content (AvgIpc) is 3.22. The predicted molar refractivity (Wildman–Crippen MR) is 98.8 cm³/mol. The summed E-state index contributed by atoms with van der Waals surface area (Å²) in [5.41, 5.74) is 3.04. The Morgan fingerprint density at radius 3 is 2.88 bits per heavy atom. The first-order valence-electron chi connectivity index (χ1n) is 8.15. The van der Waals surface area contributed by atoms with Gasteiger partial charge < -0.3 is 4.90 Å². The minimum Gasteiger partial charge on any atom is -0.333 e. The highest BCUT2D eigenvalue weighted by Gasteiger charge is 2.25. The fraction of sp³-hybridized carbons (Fsp3) is 0.263. The van der Waals surface area contributed by atoms with Crippen LogP contribution >= 0.6 is 22.7 Å². The predicted octanol–water partition coefficient (Wildman–Crippen LogP) is 4.44. The Morgan fingerprint density at radius 2 is 2.08 bits per heavy atom. The van der Waals surface area contributed by atoms with Crippen LogP contribution in [0, 0.1) is 12.7 Å². The molecule has 1 aliphatic heterocycles. The molecule has 25 heavy (non-hydrogen) atoms. The number of hydrogen-bond acceptors (Lipinski definition) is 4. The fourth-order valence-corrected chi connectivity index (χ4v) is 5.03. The van der Waals surface area contributed by atoms with Gasteiger partial charge >= 0.3 is 0 Å². The summed E-state index contributed by atoms with van der Waals surface area (Å²) in [4.78, 5) is 21.5. The number of halogens is 1. The number of aryl methyl sites for hydroxylation is 1. The van der Waals surface area contributed by atoms with Crippen LogP contribution in [-0.4, -0.2) is 22.3 Å². The molecule has 3 nitrogen and oxygen atoms in total. The maximum atomic E-state index is 13.0. The lowest BCUT2D eigenvalue weighted by atomic mass is 10.1. The number of thiazole rings is 1. The number of rotatable bonds is 3. The van der Waals surface area contributed by atoms with Crippen molar-refractivity contribution in [3.63, 3.8) is 0 Å². The molecule has 0 saturated carbocycles. The van der Waals surface area contributed by atoms with E-state index in [-0.39, 0.29) is 11.7 Å². The van der Waals surface area contributed by atoms with E-state index < -0.39 is 0 Å². The highest BCUT2D eigenvalue weighted by Crippen LogP contribution is 2.28. The number of carbonyl (C=O) groups is 1. The summed E-state index contributed by atoms with van der Waals surface area (Å²) in [5, 5.41) is 2.98. The van der Waals surface area contributed by atoms with Gasteiger partial charge in [0.05, 0.1) is 10.7 Å². The van der Waals surface area contributed by atoms with Gasteiger partial charge in [0.1, 0.15) is 10.7 Å². The lowest BCUT2D eigenvalue weighted by Crippen LogP contribution is -2.35. The van der Waals surface area contributed by atoms with E-state index in [1.807, 2.05) is 11.8 Å². The van der Waals surface area contributed by atoms with Crippen molar-refractivity contribution in [2.45, 2.75) is 26.3 Å². The number of fused-ring (bicyclic) bond motifs is 1. The van der Waals surface area contributed by atoms with Crippen LogP contribution in [-0.2, 0) is 19.4 Å². The van der Waals surface area contributed by atoms with Crippen LogP contribution in [0.4, 0.5) is 4.39 Å². The zero-order valence-electron chi connectivity index (χ0n) is 13.8. The summed E-state index contributed by atoms with van der Waals surface area (Å²) in [6.07, 6.45) is 1.55. The third-order valence-corrected chi connectivity index (χ3v) is 6.57. The van der Waals surface area contributed by atoms with Gasteiger partial charge in [-0.25, -0.2) is 9.37 Å². The quantitative estimate of drug-likeness (QED) is 0.681. The molecule has 1 aromatic carbocycles. The first kappa shape index (κ1) is 16.4. The summed E-state index contributed by atoms with van der Waals surface area (Å²) < 4.78 is 13.0. The molecule has 0 aliphatic carbocycles. The highest BCUT2D eigenvalue weighted by molar-refractivity contribution is 7.13. The normalized spacial score (nSPS) is 13.8. The van der Waals surface area contributed by atoms with Crippen molar-refractivity contribution >= 4 is 28.6 Å². The molecule has 0 spiro atoms. The van der Waals surface area contributed by atoms with Crippen molar-refractivity contribution in [2.75, 3.05) is 6.54 Å². The topological polar surface area (TPSA) is 33.2 Å². The number of hydrogen-bond donors (Lipinski definition) is 0. The number of amides is 1. The monoisotopic (exact) mass is 372 g/mol. The molecule has 0 bridgehead atoms. The Labute approximate surface area is 153 Å². The Kier molecular flexibility index (Phi) is 4.39. The minimum atomic E-state index is -0.243. The Morgan fingerprint density at radius 1 is 1.28 bits per heavy atom. The number of carbonyl (C=O) groups excluding carboxylic acids is 1. The zero-order chi connectivity index (χ0) is 17.4. The van der Waals surface area contributed by atoms with E-state index in [1.54, 1.807) is 23.5 Å². The minimum absolute atomic E-state index is 0.0669. The molecule has 6 heteroatoms. The van der Waals surface area contributed by atoms with Gasteiger partial charge in [-0.1, -0.05) is 12.1 Å². The molecule has 0 fully saturated rings. The van der Waals surface area contributed by atoms with E-state index in [0.29, 0.717) is 13.0 Å². The summed E-state index contributed by atoms with van der Waals surface area (Å²) in [6, 6.07) is 8.54. The molecule has 0 radical (unpaired) electrons. The maximum Gasteiger partial charge on any atom is 0.266 e. The number of benzene rings is 1. The fourth-order valence-electron chi connectivity index (χ4n) is 3.07. The van der Waals surface area contributed by atoms with Crippen molar-refractivity contribution in [1.29, 1.82) is 0 Å². The Bertz CT molecular complexity index is 914. The average molecular weight is 372 g/mol. The summed E-state index contributed by atoms with van der Waals surface area (Å²) >= 11 is 3.22. The Hall–Kier alpha value is -2.05.